The van der Waals surface area contributed by atoms with Crippen LogP contribution < -0.4 is 10.0 Å². The van der Waals surface area contributed by atoms with Crippen LogP contribution in [0.1, 0.15) is 43.6 Å². The summed E-state index contributed by atoms with van der Waals surface area (Å²) in [4.78, 5) is 13.6. The first-order chi connectivity index (χ1) is 15.0. The molecule has 32 heavy (non-hydrogen) atoms. The monoisotopic (exact) mass is 477 g/mol. The summed E-state index contributed by atoms with van der Waals surface area (Å²) in [6, 6.07) is 8.09. The number of amides is 2. The number of rotatable bonds is 7. The van der Waals surface area contributed by atoms with Crippen molar-refractivity contribution < 1.29 is 31.1 Å². The highest BCUT2D eigenvalue weighted by Gasteiger charge is 2.40. The molecule has 2 N–H and O–H groups in total. The summed E-state index contributed by atoms with van der Waals surface area (Å²) in [6.07, 6.45) is 0.343. The van der Waals surface area contributed by atoms with Crippen LogP contribution in [-0.4, -0.2) is 69.7 Å². The van der Waals surface area contributed by atoms with Gasteiger partial charge < -0.3 is 15.0 Å². The molecule has 7 nitrogen and oxygen atoms in total. The Morgan fingerprint density at radius 1 is 1.12 bits per heavy atom. The third-order valence-electron chi connectivity index (χ3n) is 6.06. The number of nitrogens with zero attached hydrogens (tertiary/aromatic N) is 1. The number of nitrogens with one attached hydrogen (secondary N) is 2. The van der Waals surface area contributed by atoms with Crippen molar-refractivity contribution >= 4 is 16.1 Å². The first-order valence-corrected chi connectivity index (χ1v) is 12.7. The molecule has 1 aromatic rings. The Bertz CT molecular complexity index is 859. The van der Waals surface area contributed by atoms with E-state index < -0.39 is 40.9 Å². The molecule has 11 heteroatoms. The normalized spacial score (nSPS) is 26.8. The molecule has 0 spiro atoms. The van der Waals surface area contributed by atoms with Crippen LogP contribution in [0, 0.1) is 0 Å². The highest BCUT2D eigenvalue weighted by atomic mass is 32.2. The Balaban J connectivity index is 1.57. The summed E-state index contributed by atoms with van der Waals surface area (Å²) < 4.78 is 69.5. The lowest BCUT2D eigenvalue weighted by molar-refractivity contribution is -0.123. The van der Waals surface area contributed by atoms with Gasteiger partial charge in [0.25, 0.3) is 0 Å². The number of benzene rings is 1. The van der Waals surface area contributed by atoms with Gasteiger partial charge in [0.15, 0.2) is 0 Å². The number of hydrogen-bond donors (Lipinski definition) is 2. The average molecular weight is 478 g/mol. The van der Waals surface area contributed by atoms with Gasteiger partial charge in [-0.1, -0.05) is 30.3 Å². The second-order valence-electron chi connectivity index (χ2n) is 8.54. The summed E-state index contributed by atoms with van der Waals surface area (Å²) in [5, 5.41) is 1.87. The van der Waals surface area contributed by atoms with Crippen LogP contribution >= 0.6 is 0 Å². The van der Waals surface area contributed by atoms with Gasteiger partial charge in [0.1, 0.15) is 6.54 Å². The Morgan fingerprint density at radius 2 is 1.78 bits per heavy atom. The van der Waals surface area contributed by atoms with Gasteiger partial charge in [0.2, 0.25) is 10.0 Å². The molecule has 1 aliphatic heterocycles. The standard InChI is InChI=1S/C21H30F3N3O4S/c1-32(29,30)26-18-11-12-27(20(28)25-14-21(22,23)24)19(18)13-31-17-9-7-16(8-10-17)15-5-3-2-4-6-15/h2-6,16-19,26H,7-14H2,1H3,(H,25,28)/t16-,17+,18-,19-/m1/s1. The number of ether oxygens (including phenoxy) is 1. The predicted octanol–water partition coefficient (Wildman–Crippen LogP) is 2.99. The summed E-state index contributed by atoms with van der Waals surface area (Å²) in [5.41, 5.74) is 1.30. The van der Waals surface area contributed by atoms with Crippen LogP contribution in [0.4, 0.5) is 18.0 Å². The molecule has 0 radical (unpaired) electrons. The van der Waals surface area contributed by atoms with Crippen molar-refractivity contribution in [2.24, 2.45) is 0 Å². The number of sulfonamides is 1. The highest BCUT2D eigenvalue weighted by Crippen LogP contribution is 2.34. The van der Waals surface area contributed by atoms with Crippen molar-refractivity contribution in [3.63, 3.8) is 0 Å². The molecule has 0 unspecified atom stereocenters. The predicted molar refractivity (Wildman–Crippen MR) is 114 cm³/mol. The van der Waals surface area contributed by atoms with E-state index in [1.807, 2.05) is 23.5 Å². The fourth-order valence-corrected chi connectivity index (χ4v) is 5.35. The minimum absolute atomic E-state index is 0.0328. The van der Waals surface area contributed by atoms with Crippen molar-refractivity contribution in [1.82, 2.24) is 14.9 Å². The van der Waals surface area contributed by atoms with E-state index in [1.165, 1.54) is 10.5 Å². The second-order valence-corrected chi connectivity index (χ2v) is 10.3. The fourth-order valence-electron chi connectivity index (χ4n) is 4.52. The maximum Gasteiger partial charge on any atom is 0.405 e. The summed E-state index contributed by atoms with van der Waals surface area (Å²) in [6.45, 7) is -1.23. The zero-order valence-corrected chi connectivity index (χ0v) is 18.8. The van der Waals surface area contributed by atoms with Gasteiger partial charge in [0, 0.05) is 12.6 Å². The molecule has 3 rings (SSSR count). The van der Waals surface area contributed by atoms with E-state index in [4.69, 9.17) is 4.74 Å². The topological polar surface area (TPSA) is 87.7 Å². The second kappa shape index (κ2) is 10.4. The molecule has 1 saturated carbocycles. The number of carbonyl (C=O) groups excluding carboxylic acids is 1. The lowest BCUT2D eigenvalue weighted by Crippen LogP contribution is -2.52. The van der Waals surface area contributed by atoms with Crippen LogP contribution in [0.25, 0.3) is 0 Å². The third-order valence-corrected chi connectivity index (χ3v) is 6.79. The summed E-state index contributed by atoms with van der Waals surface area (Å²) in [5.74, 6) is 0.465. The number of alkyl halides is 3. The van der Waals surface area contributed by atoms with E-state index in [1.54, 1.807) is 0 Å². The molecule has 180 valence electrons. The zero-order chi connectivity index (χ0) is 23.4. The number of hydrogen-bond acceptors (Lipinski definition) is 4. The number of urea groups is 1. The largest absolute Gasteiger partial charge is 0.405 e. The minimum Gasteiger partial charge on any atom is -0.376 e. The molecule has 2 aliphatic rings. The van der Waals surface area contributed by atoms with Crippen LogP contribution in [0.3, 0.4) is 0 Å². The van der Waals surface area contributed by atoms with Crippen LogP contribution in [0.5, 0.6) is 0 Å². The molecular formula is C21H30F3N3O4S. The first kappa shape index (κ1) is 24.8. The lowest BCUT2D eigenvalue weighted by Gasteiger charge is -2.33. The van der Waals surface area contributed by atoms with Crippen LogP contribution in [0.2, 0.25) is 0 Å². The molecule has 1 heterocycles. The molecule has 2 atom stereocenters. The van der Waals surface area contributed by atoms with E-state index in [0.717, 1.165) is 31.9 Å². The molecule has 1 aliphatic carbocycles. The van der Waals surface area contributed by atoms with Gasteiger partial charge in [0.05, 0.1) is 25.0 Å². The molecule has 1 saturated heterocycles. The molecule has 1 aromatic carbocycles. The van der Waals surface area contributed by atoms with Crippen LogP contribution in [-0.2, 0) is 14.8 Å². The smallest absolute Gasteiger partial charge is 0.376 e. The molecule has 2 fully saturated rings. The van der Waals surface area contributed by atoms with Gasteiger partial charge in [-0.3, -0.25) is 0 Å². The van der Waals surface area contributed by atoms with Crippen molar-refractivity contribution in [2.75, 3.05) is 26.0 Å². The quantitative estimate of drug-likeness (QED) is 0.632. The Morgan fingerprint density at radius 3 is 2.38 bits per heavy atom. The highest BCUT2D eigenvalue weighted by molar-refractivity contribution is 7.88. The fraction of sp³-hybridized carbons (Fsp3) is 0.667. The molecular weight excluding hydrogens is 447 g/mol. The maximum absolute atomic E-state index is 12.5. The van der Waals surface area contributed by atoms with Crippen molar-refractivity contribution in [1.29, 1.82) is 0 Å². The number of likely N-dealkylation sites (tertiary alicyclic amines) is 1. The van der Waals surface area contributed by atoms with Gasteiger partial charge in [-0.2, -0.15) is 13.2 Å². The number of halogens is 3. The SMILES string of the molecule is CS(=O)(=O)N[C@@H]1CCN(C(=O)NCC(F)(F)F)[C@@H]1CO[C@H]1CC[C@@H](c2ccccc2)CC1. The molecule has 0 bridgehead atoms. The maximum atomic E-state index is 12.5. The molecule has 2 amide bonds. The zero-order valence-electron chi connectivity index (χ0n) is 18.0. The van der Waals surface area contributed by atoms with E-state index in [-0.39, 0.29) is 19.3 Å². The Labute approximate surface area is 186 Å². The van der Waals surface area contributed by atoms with Gasteiger partial charge in [-0.25, -0.2) is 17.9 Å². The third kappa shape index (κ3) is 7.35. The summed E-state index contributed by atoms with van der Waals surface area (Å²) >= 11 is 0. The van der Waals surface area contributed by atoms with Crippen LogP contribution in [0.15, 0.2) is 30.3 Å². The lowest BCUT2D eigenvalue weighted by atomic mass is 9.83. The average Bonchev–Trinajstić information content (AvgIpc) is 3.11. The van der Waals surface area contributed by atoms with Gasteiger partial charge >= 0.3 is 12.2 Å². The van der Waals surface area contributed by atoms with E-state index in [0.29, 0.717) is 12.3 Å². The minimum atomic E-state index is -4.52. The van der Waals surface area contributed by atoms with Crippen molar-refractivity contribution in [3.05, 3.63) is 35.9 Å². The Hall–Kier alpha value is -1.85. The van der Waals surface area contributed by atoms with E-state index in [2.05, 4.69) is 16.9 Å². The van der Waals surface area contributed by atoms with E-state index in [9.17, 15) is 26.4 Å². The van der Waals surface area contributed by atoms with Gasteiger partial charge in [-0.15, -0.1) is 0 Å². The van der Waals surface area contributed by atoms with E-state index >= 15 is 0 Å². The van der Waals surface area contributed by atoms with Gasteiger partial charge in [-0.05, 0) is 43.6 Å². The first-order valence-electron chi connectivity index (χ1n) is 10.8. The molecule has 0 aromatic heterocycles. The number of carbonyl (C=O) groups is 1. The Kier molecular flexibility index (Phi) is 8.05. The van der Waals surface area contributed by atoms with Crippen molar-refractivity contribution in [3.8, 4) is 0 Å². The summed E-state index contributed by atoms with van der Waals surface area (Å²) in [7, 11) is -3.55. The van der Waals surface area contributed by atoms with Crippen molar-refractivity contribution in [2.45, 2.75) is 62.4 Å².